The first kappa shape index (κ1) is 23.6. The van der Waals surface area contributed by atoms with Crippen molar-refractivity contribution in [3.05, 3.63) is 92.4 Å². The van der Waals surface area contributed by atoms with Crippen molar-refractivity contribution in [2.75, 3.05) is 10.2 Å². The zero-order valence-corrected chi connectivity index (χ0v) is 19.8. The lowest BCUT2D eigenvalue weighted by molar-refractivity contribution is 0.0691. The molecule has 0 saturated heterocycles. The molecule has 1 aliphatic heterocycles. The molecule has 4 aromatic heterocycles. The van der Waals surface area contributed by atoms with Gasteiger partial charge in [-0.3, -0.25) is 14.2 Å². The Kier molecular flexibility index (Phi) is 5.79. The summed E-state index contributed by atoms with van der Waals surface area (Å²) in [5, 5.41) is 12.5. The maximum absolute atomic E-state index is 14.5. The number of anilines is 2. The molecule has 0 saturated carbocycles. The number of rotatable bonds is 5. The van der Waals surface area contributed by atoms with Gasteiger partial charge in [-0.2, -0.15) is 0 Å². The molecular weight excluding hydrogens is 494 g/mol. The zero-order valence-electron chi connectivity index (χ0n) is 19.0. The maximum atomic E-state index is 14.5. The van der Waals surface area contributed by atoms with Gasteiger partial charge in [0.05, 0.1) is 29.7 Å². The quantitative estimate of drug-likeness (QED) is 0.379. The van der Waals surface area contributed by atoms with E-state index in [1.54, 1.807) is 6.92 Å². The molecule has 0 aliphatic carbocycles. The van der Waals surface area contributed by atoms with Crippen LogP contribution in [0.15, 0.2) is 47.5 Å². The van der Waals surface area contributed by atoms with Crippen LogP contribution in [0.5, 0.6) is 0 Å². The van der Waals surface area contributed by atoms with Gasteiger partial charge in [-0.1, -0.05) is 11.6 Å². The second-order valence-corrected chi connectivity index (χ2v) is 8.85. The Hall–Kier alpha value is -4.12. The van der Waals surface area contributed by atoms with Gasteiger partial charge in [-0.15, -0.1) is 0 Å². The largest absolute Gasteiger partial charge is 0.476 e. The summed E-state index contributed by atoms with van der Waals surface area (Å²) < 4.78 is 29.3. The van der Waals surface area contributed by atoms with Crippen molar-refractivity contribution >= 4 is 34.7 Å². The summed E-state index contributed by atoms with van der Waals surface area (Å²) in [7, 11) is 0. The van der Waals surface area contributed by atoms with Crippen molar-refractivity contribution in [3.8, 4) is 0 Å². The molecule has 2 atom stereocenters. The monoisotopic (exact) mass is 512 g/mol. The fourth-order valence-electron chi connectivity index (χ4n) is 4.41. The minimum Gasteiger partial charge on any atom is -0.476 e. The lowest BCUT2D eigenvalue weighted by Crippen LogP contribution is -2.25. The van der Waals surface area contributed by atoms with E-state index in [1.165, 1.54) is 30.3 Å². The number of pyridine rings is 3. The van der Waals surface area contributed by atoms with Crippen molar-refractivity contribution in [1.82, 2.24) is 19.4 Å². The van der Waals surface area contributed by atoms with E-state index in [0.29, 0.717) is 29.2 Å². The van der Waals surface area contributed by atoms with Crippen LogP contribution in [0.25, 0.3) is 5.65 Å². The number of aromatic carboxylic acids is 1. The molecule has 0 amide bonds. The highest BCUT2D eigenvalue weighted by Gasteiger charge is 2.30. The number of fused-ring (bicyclic) bond motifs is 2. The molecule has 0 unspecified atom stereocenters. The highest BCUT2D eigenvalue weighted by atomic mass is 35.5. The minimum absolute atomic E-state index is 0.00905. The van der Waals surface area contributed by atoms with Gasteiger partial charge in [0, 0.05) is 24.4 Å². The Morgan fingerprint density at radius 1 is 1.22 bits per heavy atom. The molecule has 0 spiro atoms. The molecular formula is C24H19ClF2N6O3. The Balaban J connectivity index is 1.58. The summed E-state index contributed by atoms with van der Waals surface area (Å²) >= 11 is 5.83. The van der Waals surface area contributed by atoms with E-state index in [4.69, 9.17) is 11.6 Å². The van der Waals surface area contributed by atoms with E-state index >= 15 is 0 Å². The highest BCUT2D eigenvalue weighted by Crippen LogP contribution is 2.35. The molecule has 1 aliphatic rings. The number of nitrogens with zero attached hydrogens (tertiary/aromatic N) is 5. The van der Waals surface area contributed by atoms with Gasteiger partial charge in [0.15, 0.2) is 5.69 Å². The number of nitrogens with one attached hydrogen (secondary N) is 1. The molecule has 0 fully saturated rings. The number of carbonyl (C=O) groups is 1. The normalized spacial score (nSPS) is 15.7. The third-order valence-electron chi connectivity index (χ3n) is 6.11. The van der Waals surface area contributed by atoms with Crippen LogP contribution in [-0.4, -0.2) is 30.4 Å². The van der Waals surface area contributed by atoms with Crippen LogP contribution in [0.4, 0.5) is 20.3 Å². The summed E-state index contributed by atoms with van der Waals surface area (Å²) in [6.45, 7) is 3.85. The molecule has 5 heterocycles. The third-order valence-corrected chi connectivity index (χ3v) is 6.32. The molecule has 5 rings (SSSR count). The van der Waals surface area contributed by atoms with E-state index in [-0.39, 0.29) is 28.2 Å². The standard InChI is InChI=1S/C24H19ClF2N6O3/c1-11(29-17-3-4-18(25)30-22(17)24(35)36)16-6-15(27)10-33-20(34)7-19(31-23(16)33)32-9-13-5-14(26)8-28-21(13)12(32)2/h3-8,10-12,29H,9H2,1-2H3,(H,35,36)/t11-,12-/m1/s1. The molecule has 12 heteroatoms. The van der Waals surface area contributed by atoms with Crippen molar-refractivity contribution in [1.29, 1.82) is 0 Å². The molecule has 184 valence electrons. The van der Waals surface area contributed by atoms with Gasteiger partial charge in [0.1, 0.15) is 28.3 Å². The first-order valence-corrected chi connectivity index (χ1v) is 11.3. The summed E-state index contributed by atoms with van der Waals surface area (Å²) in [6, 6.07) is 5.86. The summed E-state index contributed by atoms with van der Waals surface area (Å²) in [4.78, 5) is 39.1. The Morgan fingerprint density at radius 2 is 2.00 bits per heavy atom. The van der Waals surface area contributed by atoms with Crippen molar-refractivity contribution in [2.24, 2.45) is 0 Å². The fraction of sp³-hybridized carbons (Fsp3) is 0.208. The average molecular weight is 513 g/mol. The van der Waals surface area contributed by atoms with Crippen molar-refractivity contribution < 1.29 is 18.7 Å². The maximum Gasteiger partial charge on any atom is 0.356 e. The average Bonchev–Trinajstić information content (AvgIpc) is 3.15. The van der Waals surface area contributed by atoms with Gasteiger partial charge in [0.25, 0.3) is 5.56 Å². The number of aromatic nitrogens is 4. The van der Waals surface area contributed by atoms with Gasteiger partial charge in [-0.25, -0.2) is 23.5 Å². The minimum atomic E-state index is -1.29. The fourth-order valence-corrected chi connectivity index (χ4v) is 4.56. The van der Waals surface area contributed by atoms with Crippen LogP contribution >= 0.6 is 11.6 Å². The second-order valence-electron chi connectivity index (χ2n) is 8.46. The molecule has 36 heavy (non-hydrogen) atoms. The van der Waals surface area contributed by atoms with Crippen LogP contribution in [0.3, 0.4) is 0 Å². The van der Waals surface area contributed by atoms with Crippen LogP contribution in [0.2, 0.25) is 5.15 Å². The summed E-state index contributed by atoms with van der Waals surface area (Å²) in [5.41, 5.74) is 1.22. The van der Waals surface area contributed by atoms with Crippen LogP contribution in [0.1, 0.15) is 53.2 Å². The van der Waals surface area contributed by atoms with E-state index in [2.05, 4.69) is 20.3 Å². The predicted molar refractivity (Wildman–Crippen MR) is 128 cm³/mol. The molecule has 0 radical (unpaired) electrons. The second kappa shape index (κ2) is 8.83. The first-order chi connectivity index (χ1) is 17.1. The zero-order chi connectivity index (χ0) is 25.7. The third kappa shape index (κ3) is 4.11. The van der Waals surface area contributed by atoms with Gasteiger partial charge < -0.3 is 15.3 Å². The number of hydrogen-bond donors (Lipinski definition) is 2. The number of carboxylic acids is 1. The SMILES string of the molecule is C[C@@H]1c2ncc(F)cc2CN1c1cc(=O)n2cc(F)cc([C@@H](C)Nc3ccc(Cl)nc3C(=O)O)c2n1. The lowest BCUT2D eigenvalue weighted by Gasteiger charge is -2.24. The number of halogens is 3. The predicted octanol–water partition coefficient (Wildman–Crippen LogP) is 4.37. The number of hydrogen-bond acceptors (Lipinski definition) is 7. The van der Waals surface area contributed by atoms with Crippen molar-refractivity contribution in [2.45, 2.75) is 32.5 Å². The first-order valence-electron chi connectivity index (χ1n) is 10.9. The van der Waals surface area contributed by atoms with E-state index in [9.17, 15) is 23.5 Å². The smallest absolute Gasteiger partial charge is 0.356 e. The van der Waals surface area contributed by atoms with E-state index in [1.807, 2.05) is 11.8 Å². The highest BCUT2D eigenvalue weighted by molar-refractivity contribution is 6.29. The topological polar surface area (TPSA) is 113 Å². The van der Waals surface area contributed by atoms with E-state index in [0.717, 1.165) is 16.8 Å². The van der Waals surface area contributed by atoms with Gasteiger partial charge in [0.2, 0.25) is 0 Å². The van der Waals surface area contributed by atoms with Crippen LogP contribution < -0.4 is 15.8 Å². The summed E-state index contributed by atoms with van der Waals surface area (Å²) in [6.07, 6.45) is 2.18. The van der Waals surface area contributed by atoms with E-state index < -0.39 is 29.2 Å². The molecule has 4 aromatic rings. The lowest BCUT2D eigenvalue weighted by atomic mass is 10.1. The molecule has 0 bridgehead atoms. The Labute approximate surface area is 208 Å². The Bertz CT molecular complexity index is 1590. The van der Waals surface area contributed by atoms with Gasteiger partial charge in [-0.05, 0) is 43.7 Å². The van der Waals surface area contributed by atoms with Crippen molar-refractivity contribution in [3.63, 3.8) is 0 Å². The van der Waals surface area contributed by atoms with Crippen LogP contribution in [-0.2, 0) is 6.54 Å². The number of carboxylic acid groups (broad SMARTS) is 1. The van der Waals surface area contributed by atoms with Crippen LogP contribution in [0, 0.1) is 11.6 Å². The Morgan fingerprint density at radius 3 is 2.75 bits per heavy atom. The molecule has 2 N–H and O–H groups in total. The molecule has 9 nitrogen and oxygen atoms in total. The van der Waals surface area contributed by atoms with Gasteiger partial charge >= 0.3 is 5.97 Å². The molecule has 0 aromatic carbocycles. The summed E-state index contributed by atoms with van der Waals surface area (Å²) in [5.74, 6) is -2.09.